The molecular weight excluding hydrogens is 459 g/mol. The molecular formula is C26H26F3N3O3. The number of nitrogens with zero attached hydrogens (tertiary/aromatic N) is 3. The third kappa shape index (κ3) is 6.23. The Morgan fingerprint density at radius 2 is 1.69 bits per heavy atom. The van der Waals surface area contributed by atoms with Crippen molar-refractivity contribution in [1.82, 2.24) is 9.80 Å². The molecule has 0 atom stereocenters. The number of furan rings is 1. The summed E-state index contributed by atoms with van der Waals surface area (Å²) in [5.74, 6) is -0.309. The van der Waals surface area contributed by atoms with Gasteiger partial charge in [0.2, 0.25) is 5.91 Å². The summed E-state index contributed by atoms with van der Waals surface area (Å²) in [5.41, 5.74) is 1.18. The number of amides is 2. The molecule has 1 aliphatic rings. The van der Waals surface area contributed by atoms with Gasteiger partial charge >= 0.3 is 6.18 Å². The molecule has 0 saturated carbocycles. The van der Waals surface area contributed by atoms with Crippen LogP contribution in [0, 0.1) is 0 Å². The third-order valence-corrected chi connectivity index (χ3v) is 6.04. The Morgan fingerprint density at radius 1 is 0.943 bits per heavy atom. The normalized spacial score (nSPS) is 14.1. The minimum atomic E-state index is -4.40. The van der Waals surface area contributed by atoms with Crippen molar-refractivity contribution >= 4 is 17.5 Å². The molecule has 1 saturated heterocycles. The van der Waals surface area contributed by atoms with Gasteiger partial charge in [-0.15, -0.1) is 0 Å². The topological polar surface area (TPSA) is 57.0 Å². The molecule has 4 rings (SSSR count). The summed E-state index contributed by atoms with van der Waals surface area (Å²) in [4.78, 5) is 31.0. The quantitative estimate of drug-likeness (QED) is 0.488. The fraction of sp³-hybridized carbons (Fsp3) is 0.308. The fourth-order valence-electron chi connectivity index (χ4n) is 4.11. The van der Waals surface area contributed by atoms with Crippen LogP contribution in [0.3, 0.4) is 0 Å². The minimum Gasteiger partial charge on any atom is -0.472 e. The lowest BCUT2D eigenvalue weighted by atomic mass is 10.1. The highest BCUT2D eigenvalue weighted by molar-refractivity contribution is 5.94. The van der Waals surface area contributed by atoms with Gasteiger partial charge < -0.3 is 19.1 Å². The predicted octanol–water partition coefficient (Wildman–Crippen LogP) is 4.68. The van der Waals surface area contributed by atoms with E-state index < -0.39 is 11.7 Å². The van der Waals surface area contributed by atoms with Gasteiger partial charge in [-0.2, -0.15) is 13.2 Å². The van der Waals surface area contributed by atoms with Gasteiger partial charge in [0.05, 0.1) is 17.4 Å². The summed E-state index contributed by atoms with van der Waals surface area (Å²) >= 11 is 0. The van der Waals surface area contributed by atoms with Crippen LogP contribution in [0.1, 0.15) is 27.9 Å². The number of hydrogen-bond acceptors (Lipinski definition) is 4. The molecule has 6 nitrogen and oxygen atoms in total. The first-order valence-electron chi connectivity index (χ1n) is 11.4. The van der Waals surface area contributed by atoms with Crippen LogP contribution in [0.5, 0.6) is 0 Å². The molecule has 0 aliphatic carbocycles. The molecule has 0 radical (unpaired) electrons. The van der Waals surface area contributed by atoms with E-state index in [0.29, 0.717) is 44.0 Å². The Morgan fingerprint density at radius 3 is 2.34 bits per heavy atom. The number of piperazine rings is 1. The first-order valence-corrected chi connectivity index (χ1v) is 11.4. The number of benzene rings is 2. The van der Waals surface area contributed by atoms with E-state index in [2.05, 4.69) is 0 Å². The first-order chi connectivity index (χ1) is 16.8. The van der Waals surface area contributed by atoms with Crippen LogP contribution >= 0.6 is 0 Å². The highest BCUT2D eigenvalue weighted by atomic mass is 19.4. The Kier molecular flexibility index (Phi) is 7.43. The summed E-state index contributed by atoms with van der Waals surface area (Å²) in [6.45, 7) is 2.30. The van der Waals surface area contributed by atoms with Crippen molar-refractivity contribution in [2.24, 2.45) is 0 Å². The number of rotatable bonds is 7. The molecule has 0 unspecified atom stereocenters. The van der Waals surface area contributed by atoms with Gasteiger partial charge in [-0.25, -0.2) is 0 Å². The van der Waals surface area contributed by atoms with Crippen molar-refractivity contribution in [3.05, 3.63) is 89.9 Å². The van der Waals surface area contributed by atoms with Crippen molar-refractivity contribution in [3.8, 4) is 0 Å². The summed E-state index contributed by atoms with van der Waals surface area (Å²) in [5, 5.41) is 0. The lowest BCUT2D eigenvalue weighted by Gasteiger charge is -2.36. The van der Waals surface area contributed by atoms with Crippen LogP contribution in [-0.4, -0.2) is 54.3 Å². The molecule has 1 aliphatic heterocycles. The molecule has 2 amide bonds. The molecule has 2 aromatic carbocycles. The first kappa shape index (κ1) is 24.4. The van der Waals surface area contributed by atoms with E-state index >= 15 is 0 Å². The molecule has 0 spiro atoms. The number of carbonyl (C=O) groups is 2. The van der Waals surface area contributed by atoms with Crippen LogP contribution in [0.2, 0.25) is 0 Å². The second kappa shape index (κ2) is 10.7. The number of alkyl halides is 3. The molecule has 0 bridgehead atoms. The zero-order valence-corrected chi connectivity index (χ0v) is 19.1. The molecule has 35 heavy (non-hydrogen) atoms. The zero-order chi connectivity index (χ0) is 24.8. The Balaban J connectivity index is 1.34. The minimum absolute atomic E-state index is 0.0910. The third-order valence-electron chi connectivity index (χ3n) is 6.04. The number of halogens is 3. The van der Waals surface area contributed by atoms with Crippen LogP contribution in [0.25, 0.3) is 0 Å². The average Bonchev–Trinajstić information content (AvgIpc) is 3.41. The molecule has 0 N–H and O–H groups in total. The lowest BCUT2D eigenvalue weighted by Crippen LogP contribution is -2.49. The van der Waals surface area contributed by atoms with Gasteiger partial charge in [-0.05, 0) is 29.8 Å². The van der Waals surface area contributed by atoms with E-state index in [4.69, 9.17) is 4.42 Å². The second-order valence-electron chi connectivity index (χ2n) is 8.39. The van der Waals surface area contributed by atoms with Crippen molar-refractivity contribution in [1.29, 1.82) is 0 Å². The van der Waals surface area contributed by atoms with Gasteiger partial charge in [0.15, 0.2) is 0 Å². The maximum absolute atomic E-state index is 13.0. The van der Waals surface area contributed by atoms with Crippen molar-refractivity contribution in [2.75, 3.05) is 37.6 Å². The molecule has 1 fully saturated rings. The van der Waals surface area contributed by atoms with Crippen molar-refractivity contribution in [3.63, 3.8) is 0 Å². The monoisotopic (exact) mass is 485 g/mol. The summed E-state index contributed by atoms with van der Waals surface area (Å²) in [7, 11) is 0. The number of carbonyl (C=O) groups excluding carboxylic acids is 2. The van der Waals surface area contributed by atoms with E-state index in [0.717, 1.165) is 17.7 Å². The fourth-order valence-corrected chi connectivity index (χ4v) is 4.11. The van der Waals surface area contributed by atoms with Gasteiger partial charge in [0, 0.05) is 51.4 Å². The highest BCUT2D eigenvalue weighted by Gasteiger charge is 2.31. The number of anilines is 1. The summed E-state index contributed by atoms with van der Waals surface area (Å²) in [6, 6.07) is 16.4. The SMILES string of the molecule is O=C(CCN(Cc1ccccc1)C(=O)c1ccoc1)N1CCN(c2cccc(C(F)(F)F)c2)CC1. The van der Waals surface area contributed by atoms with Crippen molar-refractivity contribution in [2.45, 2.75) is 19.1 Å². The Bertz CT molecular complexity index is 1130. The van der Waals surface area contributed by atoms with Crippen molar-refractivity contribution < 1.29 is 27.2 Å². The smallest absolute Gasteiger partial charge is 0.416 e. The van der Waals surface area contributed by atoms with Gasteiger partial charge in [-0.3, -0.25) is 9.59 Å². The van der Waals surface area contributed by atoms with Gasteiger partial charge in [-0.1, -0.05) is 36.4 Å². The van der Waals surface area contributed by atoms with Crippen LogP contribution in [0.15, 0.2) is 77.6 Å². The summed E-state index contributed by atoms with van der Waals surface area (Å²) in [6.07, 6.45) is -1.43. The predicted molar refractivity (Wildman–Crippen MR) is 125 cm³/mol. The molecule has 184 valence electrons. The molecule has 3 aromatic rings. The van der Waals surface area contributed by atoms with E-state index in [-0.39, 0.29) is 24.8 Å². The molecule has 1 aromatic heterocycles. The van der Waals surface area contributed by atoms with Crippen LogP contribution in [0.4, 0.5) is 18.9 Å². The van der Waals surface area contributed by atoms with Crippen LogP contribution < -0.4 is 4.90 Å². The molecule has 2 heterocycles. The Hall–Kier alpha value is -3.75. The standard InChI is InChI=1S/C26H26F3N3O3/c27-26(28,29)22-7-4-8-23(17-22)30-12-14-31(15-13-30)24(33)9-11-32(18-20-5-2-1-3-6-20)25(34)21-10-16-35-19-21/h1-8,10,16-17,19H,9,11-15,18H2. The van der Waals surface area contributed by atoms with E-state index in [1.807, 2.05) is 35.2 Å². The lowest BCUT2D eigenvalue weighted by molar-refractivity contribution is -0.137. The average molecular weight is 486 g/mol. The Labute approximate surface area is 201 Å². The molecule has 9 heteroatoms. The maximum Gasteiger partial charge on any atom is 0.416 e. The maximum atomic E-state index is 13.0. The van der Waals surface area contributed by atoms with Crippen LogP contribution in [-0.2, 0) is 17.5 Å². The van der Waals surface area contributed by atoms with E-state index in [1.54, 1.807) is 21.9 Å². The highest BCUT2D eigenvalue weighted by Crippen LogP contribution is 2.32. The second-order valence-corrected chi connectivity index (χ2v) is 8.39. The van der Waals surface area contributed by atoms with E-state index in [9.17, 15) is 22.8 Å². The van der Waals surface area contributed by atoms with Gasteiger partial charge in [0.25, 0.3) is 5.91 Å². The summed E-state index contributed by atoms with van der Waals surface area (Å²) < 4.78 is 44.1. The zero-order valence-electron chi connectivity index (χ0n) is 19.1. The van der Waals surface area contributed by atoms with Gasteiger partial charge in [0.1, 0.15) is 6.26 Å². The number of hydrogen-bond donors (Lipinski definition) is 0. The van der Waals surface area contributed by atoms with E-state index in [1.165, 1.54) is 18.6 Å². The largest absolute Gasteiger partial charge is 0.472 e.